The molecule has 0 radical (unpaired) electrons. The molecule has 1 saturated heterocycles. The van der Waals surface area contributed by atoms with Crippen LogP contribution in [0.25, 0.3) is 0 Å². The number of rotatable bonds is 2. The molecule has 1 aliphatic rings. The van der Waals surface area contributed by atoms with Crippen LogP contribution in [0.2, 0.25) is 0 Å². The Morgan fingerprint density at radius 1 is 1.20 bits per heavy atom. The predicted octanol–water partition coefficient (Wildman–Crippen LogP) is 3.65. The molecule has 2 nitrogen and oxygen atoms in total. The zero-order chi connectivity index (χ0) is 15.1. The Balaban J connectivity index is 2.20. The number of anilines is 1. The fourth-order valence-electron chi connectivity index (χ4n) is 2.44. The number of halogens is 3. The van der Waals surface area contributed by atoms with E-state index in [-0.39, 0.29) is 17.5 Å². The number of nitrogens with zero attached hydrogens (tertiary/aromatic N) is 1. The summed E-state index contributed by atoms with van der Waals surface area (Å²) in [6.07, 6.45) is -4.35. The van der Waals surface area contributed by atoms with Crippen molar-refractivity contribution in [2.45, 2.75) is 33.5 Å². The molecule has 0 amide bonds. The van der Waals surface area contributed by atoms with Gasteiger partial charge in [0, 0.05) is 25.3 Å². The minimum atomic E-state index is -4.35. The first-order valence-electron chi connectivity index (χ1n) is 6.78. The van der Waals surface area contributed by atoms with Crippen molar-refractivity contribution in [1.82, 2.24) is 0 Å². The van der Waals surface area contributed by atoms with Gasteiger partial charge in [0.05, 0.1) is 5.56 Å². The highest BCUT2D eigenvalue weighted by atomic mass is 19.4. The topological polar surface area (TPSA) is 29.3 Å². The van der Waals surface area contributed by atoms with E-state index in [9.17, 15) is 13.2 Å². The summed E-state index contributed by atoms with van der Waals surface area (Å²) in [5.41, 5.74) is 5.75. The van der Waals surface area contributed by atoms with Gasteiger partial charge in [0.2, 0.25) is 0 Å². The molecular weight excluding hydrogens is 265 g/mol. The number of hydrogen-bond acceptors (Lipinski definition) is 2. The van der Waals surface area contributed by atoms with Gasteiger partial charge in [0.25, 0.3) is 0 Å². The first kappa shape index (κ1) is 15.2. The molecule has 5 heteroatoms. The Labute approximate surface area is 117 Å². The Bertz CT molecular complexity index is 483. The first-order valence-corrected chi connectivity index (χ1v) is 6.78. The molecule has 20 heavy (non-hydrogen) atoms. The van der Waals surface area contributed by atoms with Gasteiger partial charge in [-0.05, 0) is 29.0 Å². The lowest BCUT2D eigenvalue weighted by Gasteiger charge is -2.47. The third kappa shape index (κ3) is 2.92. The Morgan fingerprint density at radius 2 is 1.80 bits per heavy atom. The summed E-state index contributed by atoms with van der Waals surface area (Å²) in [4.78, 5) is 1.99. The molecule has 112 valence electrons. The van der Waals surface area contributed by atoms with Gasteiger partial charge in [-0.1, -0.05) is 26.8 Å². The normalized spacial score (nSPS) is 17.2. The molecule has 1 heterocycles. The molecule has 0 bridgehead atoms. The van der Waals surface area contributed by atoms with Crippen LogP contribution in [0, 0.1) is 11.3 Å². The van der Waals surface area contributed by atoms with E-state index >= 15 is 0 Å². The summed E-state index contributed by atoms with van der Waals surface area (Å²) in [5.74, 6) is 0.519. The van der Waals surface area contributed by atoms with Crippen LogP contribution < -0.4 is 10.6 Å². The van der Waals surface area contributed by atoms with Gasteiger partial charge in [-0.15, -0.1) is 0 Å². The van der Waals surface area contributed by atoms with Crippen LogP contribution in [0.4, 0.5) is 18.9 Å². The first-order chi connectivity index (χ1) is 9.13. The zero-order valence-corrected chi connectivity index (χ0v) is 12.1. The highest BCUT2D eigenvalue weighted by molar-refractivity contribution is 5.54. The Kier molecular flexibility index (Phi) is 3.75. The Morgan fingerprint density at radius 3 is 2.25 bits per heavy atom. The quantitative estimate of drug-likeness (QED) is 0.899. The van der Waals surface area contributed by atoms with E-state index in [1.165, 1.54) is 12.1 Å². The van der Waals surface area contributed by atoms with Crippen molar-refractivity contribution in [2.24, 2.45) is 17.1 Å². The van der Waals surface area contributed by atoms with E-state index in [2.05, 4.69) is 20.8 Å². The smallest absolute Gasteiger partial charge is 0.371 e. The van der Waals surface area contributed by atoms with Crippen LogP contribution in [-0.4, -0.2) is 13.1 Å². The van der Waals surface area contributed by atoms with Gasteiger partial charge >= 0.3 is 6.18 Å². The van der Waals surface area contributed by atoms with Crippen molar-refractivity contribution in [3.63, 3.8) is 0 Å². The van der Waals surface area contributed by atoms with E-state index in [1.807, 2.05) is 4.90 Å². The second-order valence-electron chi connectivity index (χ2n) is 6.51. The molecule has 0 aliphatic carbocycles. The molecule has 0 saturated carbocycles. The fraction of sp³-hybridized carbons (Fsp3) is 0.600. The van der Waals surface area contributed by atoms with Crippen molar-refractivity contribution in [3.8, 4) is 0 Å². The Hall–Kier alpha value is -1.23. The fourth-order valence-corrected chi connectivity index (χ4v) is 2.44. The number of alkyl halides is 3. The van der Waals surface area contributed by atoms with Gasteiger partial charge in [0.15, 0.2) is 0 Å². The summed E-state index contributed by atoms with van der Waals surface area (Å²) in [6.45, 7) is 8.00. The minimum Gasteiger partial charge on any atom is -0.371 e. The van der Waals surface area contributed by atoms with Crippen LogP contribution in [0.1, 0.15) is 31.9 Å². The second-order valence-corrected chi connectivity index (χ2v) is 6.51. The minimum absolute atomic E-state index is 0.0975. The van der Waals surface area contributed by atoms with Crippen molar-refractivity contribution < 1.29 is 13.2 Å². The van der Waals surface area contributed by atoms with E-state index in [0.29, 0.717) is 11.6 Å². The molecule has 1 aliphatic heterocycles. The van der Waals surface area contributed by atoms with Crippen LogP contribution >= 0.6 is 0 Å². The third-order valence-corrected chi connectivity index (χ3v) is 4.09. The summed E-state index contributed by atoms with van der Waals surface area (Å²) in [7, 11) is 0. The molecule has 2 N–H and O–H groups in total. The van der Waals surface area contributed by atoms with E-state index in [0.717, 1.165) is 13.1 Å². The largest absolute Gasteiger partial charge is 0.416 e. The monoisotopic (exact) mass is 286 g/mol. The summed E-state index contributed by atoms with van der Waals surface area (Å²) >= 11 is 0. The predicted molar refractivity (Wildman–Crippen MR) is 74.5 cm³/mol. The van der Waals surface area contributed by atoms with Crippen molar-refractivity contribution in [1.29, 1.82) is 0 Å². The standard InChI is InChI=1S/C15H21F3N2/c1-14(2,3)11-8-20(9-11)12-5-4-10(7-19)13(6-12)15(16,17)18/h4-6,11H,7-9,19H2,1-3H3. The molecular formula is C15H21F3N2. The van der Waals surface area contributed by atoms with Crippen molar-refractivity contribution >= 4 is 5.69 Å². The lowest BCUT2D eigenvalue weighted by molar-refractivity contribution is -0.138. The van der Waals surface area contributed by atoms with Gasteiger partial charge in [-0.2, -0.15) is 13.2 Å². The number of hydrogen-bond donors (Lipinski definition) is 1. The van der Waals surface area contributed by atoms with Crippen LogP contribution in [0.15, 0.2) is 18.2 Å². The maximum Gasteiger partial charge on any atom is 0.416 e. The zero-order valence-electron chi connectivity index (χ0n) is 12.1. The molecule has 0 aromatic heterocycles. The van der Waals surface area contributed by atoms with Crippen LogP contribution in [0.5, 0.6) is 0 Å². The van der Waals surface area contributed by atoms with E-state index in [4.69, 9.17) is 5.73 Å². The number of benzene rings is 1. The molecule has 0 unspecified atom stereocenters. The average Bonchev–Trinajstić information content (AvgIpc) is 2.23. The number of nitrogens with two attached hydrogens (primary N) is 1. The molecule has 0 atom stereocenters. The lowest BCUT2D eigenvalue weighted by atomic mass is 9.76. The van der Waals surface area contributed by atoms with Gasteiger partial charge in [-0.3, -0.25) is 0 Å². The summed E-state index contributed by atoms with van der Waals surface area (Å²) in [5, 5.41) is 0. The molecule has 1 fully saturated rings. The highest BCUT2D eigenvalue weighted by Crippen LogP contribution is 2.39. The van der Waals surface area contributed by atoms with Crippen LogP contribution in [-0.2, 0) is 12.7 Å². The maximum atomic E-state index is 13.0. The van der Waals surface area contributed by atoms with Gasteiger partial charge in [0.1, 0.15) is 0 Å². The molecule has 2 rings (SSSR count). The van der Waals surface area contributed by atoms with Crippen molar-refractivity contribution in [2.75, 3.05) is 18.0 Å². The summed E-state index contributed by atoms with van der Waals surface area (Å²) in [6, 6.07) is 4.44. The van der Waals surface area contributed by atoms with Crippen molar-refractivity contribution in [3.05, 3.63) is 29.3 Å². The third-order valence-electron chi connectivity index (χ3n) is 4.09. The van der Waals surface area contributed by atoms with Gasteiger partial charge < -0.3 is 10.6 Å². The van der Waals surface area contributed by atoms with Gasteiger partial charge in [-0.25, -0.2) is 0 Å². The summed E-state index contributed by atoms with van der Waals surface area (Å²) < 4.78 is 39.0. The molecule has 1 aromatic carbocycles. The van der Waals surface area contributed by atoms with E-state index < -0.39 is 11.7 Å². The second kappa shape index (κ2) is 4.95. The molecule has 1 aromatic rings. The maximum absolute atomic E-state index is 13.0. The molecule has 0 spiro atoms. The lowest BCUT2D eigenvalue weighted by Crippen LogP contribution is -2.52. The SMILES string of the molecule is CC(C)(C)C1CN(c2ccc(CN)c(C(F)(F)F)c2)C1. The highest BCUT2D eigenvalue weighted by Gasteiger charge is 2.38. The average molecular weight is 286 g/mol. The van der Waals surface area contributed by atoms with Crippen LogP contribution in [0.3, 0.4) is 0 Å². The van der Waals surface area contributed by atoms with E-state index in [1.54, 1.807) is 6.07 Å².